The standard InChI is InChI=1S/C18H16N6/c1-24-16-10-17(21-14-8-5-9-19-11-14)20-12-15(16)23-18(24)22-13-6-3-2-4-7-13/h2-12H,1H3,(H,20,21)(H,22,23). The molecule has 1 aromatic carbocycles. The molecule has 24 heavy (non-hydrogen) atoms. The molecule has 0 aliphatic heterocycles. The van der Waals surface area contributed by atoms with Crippen LogP contribution in [0.4, 0.5) is 23.1 Å². The Bertz CT molecular complexity index is 963. The van der Waals surface area contributed by atoms with Crippen molar-refractivity contribution in [2.45, 2.75) is 0 Å². The van der Waals surface area contributed by atoms with Gasteiger partial charge in [0.25, 0.3) is 0 Å². The molecule has 0 amide bonds. The van der Waals surface area contributed by atoms with Crippen LogP contribution in [0, 0.1) is 0 Å². The van der Waals surface area contributed by atoms with Gasteiger partial charge in [0.1, 0.15) is 11.3 Å². The number of rotatable bonds is 4. The highest BCUT2D eigenvalue weighted by Crippen LogP contribution is 2.24. The van der Waals surface area contributed by atoms with Gasteiger partial charge in [0.05, 0.1) is 23.6 Å². The molecule has 3 aromatic heterocycles. The number of benzene rings is 1. The first-order valence-electron chi connectivity index (χ1n) is 7.61. The van der Waals surface area contributed by atoms with Gasteiger partial charge < -0.3 is 15.2 Å². The minimum absolute atomic E-state index is 0.754. The van der Waals surface area contributed by atoms with E-state index in [4.69, 9.17) is 0 Å². The fourth-order valence-corrected chi connectivity index (χ4v) is 2.51. The van der Waals surface area contributed by atoms with Gasteiger partial charge in [-0.15, -0.1) is 0 Å². The lowest BCUT2D eigenvalue weighted by atomic mass is 10.3. The van der Waals surface area contributed by atoms with Crippen molar-refractivity contribution in [1.82, 2.24) is 19.5 Å². The summed E-state index contributed by atoms with van der Waals surface area (Å²) in [4.78, 5) is 13.1. The molecule has 0 aliphatic rings. The largest absolute Gasteiger partial charge is 0.339 e. The van der Waals surface area contributed by atoms with Crippen LogP contribution < -0.4 is 10.6 Å². The third-order valence-electron chi connectivity index (χ3n) is 3.73. The van der Waals surface area contributed by atoms with E-state index in [0.717, 1.165) is 34.2 Å². The molecule has 0 fully saturated rings. The molecule has 118 valence electrons. The van der Waals surface area contributed by atoms with Gasteiger partial charge in [-0.25, -0.2) is 9.97 Å². The highest BCUT2D eigenvalue weighted by atomic mass is 15.2. The number of aryl methyl sites for hydroxylation is 1. The van der Waals surface area contributed by atoms with E-state index in [1.807, 2.05) is 60.1 Å². The molecule has 0 unspecified atom stereocenters. The summed E-state index contributed by atoms with van der Waals surface area (Å²) < 4.78 is 2.01. The average molecular weight is 316 g/mol. The predicted molar refractivity (Wildman–Crippen MR) is 95.8 cm³/mol. The van der Waals surface area contributed by atoms with Gasteiger partial charge in [-0.2, -0.15) is 0 Å². The topological polar surface area (TPSA) is 67.7 Å². The highest BCUT2D eigenvalue weighted by molar-refractivity contribution is 5.81. The molecule has 0 aliphatic carbocycles. The Kier molecular flexibility index (Phi) is 3.55. The molecule has 0 radical (unpaired) electrons. The van der Waals surface area contributed by atoms with Gasteiger partial charge in [-0.3, -0.25) is 4.98 Å². The molecule has 6 heteroatoms. The first-order chi connectivity index (χ1) is 11.8. The maximum atomic E-state index is 4.60. The number of pyridine rings is 2. The van der Waals surface area contributed by atoms with Gasteiger partial charge >= 0.3 is 0 Å². The number of hydrogen-bond donors (Lipinski definition) is 2. The van der Waals surface area contributed by atoms with Crippen molar-refractivity contribution in [3.63, 3.8) is 0 Å². The van der Waals surface area contributed by atoms with Crippen LogP contribution in [-0.4, -0.2) is 19.5 Å². The second-order valence-corrected chi connectivity index (χ2v) is 5.41. The highest BCUT2D eigenvalue weighted by Gasteiger charge is 2.09. The van der Waals surface area contributed by atoms with Crippen LogP contribution in [0.15, 0.2) is 67.1 Å². The molecule has 4 rings (SSSR count). The molecule has 0 saturated heterocycles. The van der Waals surface area contributed by atoms with Crippen LogP contribution in [0.1, 0.15) is 0 Å². The van der Waals surface area contributed by atoms with Crippen LogP contribution in [0.3, 0.4) is 0 Å². The number of hydrogen-bond acceptors (Lipinski definition) is 5. The number of aromatic nitrogens is 4. The normalized spacial score (nSPS) is 10.7. The van der Waals surface area contributed by atoms with Gasteiger partial charge in [0, 0.05) is 25.0 Å². The molecular weight excluding hydrogens is 300 g/mol. The number of nitrogens with zero attached hydrogens (tertiary/aromatic N) is 4. The Labute approximate surface area is 139 Å². The second-order valence-electron chi connectivity index (χ2n) is 5.41. The summed E-state index contributed by atoms with van der Waals surface area (Å²) in [6.45, 7) is 0. The van der Waals surface area contributed by atoms with E-state index in [1.54, 1.807) is 18.6 Å². The predicted octanol–water partition coefficient (Wildman–Crippen LogP) is 3.85. The van der Waals surface area contributed by atoms with E-state index >= 15 is 0 Å². The quantitative estimate of drug-likeness (QED) is 0.598. The summed E-state index contributed by atoms with van der Waals surface area (Å²) in [5, 5.41) is 6.57. The Morgan fingerprint density at radius 1 is 0.917 bits per heavy atom. The van der Waals surface area contributed by atoms with Gasteiger partial charge in [0.15, 0.2) is 0 Å². The van der Waals surface area contributed by atoms with Crippen LogP contribution in [0.25, 0.3) is 11.0 Å². The molecule has 0 atom stereocenters. The van der Waals surface area contributed by atoms with E-state index in [2.05, 4.69) is 25.6 Å². The van der Waals surface area contributed by atoms with Crippen molar-refractivity contribution in [2.24, 2.45) is 7.05 Å². The Balaban J connectivity index is 1.66. The van der Waals surface area contributed by atoms with Crippen LogP contribution in [-0.2, 0) is 7.05 Å². The number of fused-ring (bicyclic) bond motifs is 1. The SMILES string of the molecule is Cn1c(Nc2ccccc2)nc2cnc(Nc3cccnc3)cc21. The maximum Gasteiger partial charge on any atom is 0.208 e. The van der Waals surface area contributed by atoms with E-state index in [9.17, 15) is 0 Å². The Morgan fingerprint density at radius 3 is 2.54 bits per heavy atom. The van der Waals surface area contributed by atoms with E-state index < -0.39 is 0 Å². The Hall–Kier alpha value is -3.41. The lowest BCUT2D eigenvalue weighted by molar-refractivity contribution is 0.958. The number of anilines is 4. The van der Waals surface area contributed by atoms with Gasteiger partial charge in [-0.1, -0.05) is 18.2 Å². The van der Waals surface area contributed by atoms with Crippen LogP contribution in [0.2, 0.25) is 0 Å². The third kappa shape index (κ3) is 2.77. The molecule has 3 heterocycles. The number of imidazole rings is 1. The number of para-hydroxylation sites is 1. The molecular formula is C18H16N6. The molecule has 4 aromatic rings. The summed E-state index contributed by atoms with van der Waals surface area (Å²) in [7, 11) is 1.98. The molecule has 6 nitrogen and oxygen atoms in total. The summed E-state index contributed by atoms with van der Waals surface area (Å²) >= 11 is 0. The van der Waals surface area contributed by atoms with Crippen LogP contribution >= 0.6 is 0 Å². The van der Waals surface area contributed by atoms with Crippen LogP contribution in [0.5, 0.6) is 0 Å². The average Bonchev–Trinajstić information content (AvgIpc) is 2.93. The fourth-order valence-electron chi connectivity index (χ4n) is 2.51. The zero-order valence-electron chi connectivity index (χ0n) is 13.1. The summed E-state index contributed by atoms with van der Waals surface area (Å²) in [6.07, 6.45) is 5.27. The molecule has 0 saturated carbocycles. The summed E-state index contributed by atoms with van der Waals surface area (Å²) in [5.41, 5.74) is 3.73. The van der Waals surface area contributed by atoms with Crippen molar-refractivity contribution in [2.75, 3.05) is 10.6 Å². The van der Waals surface area contributed by atoms with Crippen molar-refractivity contribution in [1.29, 1.82) is 0 Å². The summed E-state index contributed by atoms with van der Waals surface area (Å²) in [6, 6.07) is 15.8. The lowest BCUT2D eigenvalue weighted by Gasteiger charge is -2.06. The van der Waals surface area contributed by atoms with Gasteiger partial charge in [0.2, 0.25) is 5.95 Å². The second kappa shape index (κ2) is 6.00. The van der Waals surface area contributed by atoms with Crippen molar-refractivity contribution >= 4 is 34.2 Å². The van der Waals surface area contributed by atoms with Gasteiger partial charge in [-0.05, 0) is 24.3 Å². The first kappa shape index (κ1) is 14.2. The fraction of sp³-hybridized carbons (Fsp3) is 0.0556. The summed E-state index contributed by atoms with van der Waals surface area (Å²) in [5.74, 6) is 1.53. The monoisotopic (exact) mass is 316 g/mol. The van der Waals surface area contributed by atoms with Crippen molar-refractivity contribution in [3.8, 4) is 0 Å². The maximum absolute atomic E-state index is 4.60. The Morgan fingerprint density at radius 2 is 1.75 bits per heavy atom. The zero-order valence-corrected chi connectivity index (χ0v) is 13.1. The molecule has 0 spiro atoms. The minimum Gasteiger partial charge on any atom is -0.339 e. The van der Waals surface area contributed by atoms with E-state index in [0.29, 0.717) is 0 Å². The van der Waals surface area contributed by atoms with Crippen molar-refractivity contribution < 1.29 is 0 Å². The van der Waals surface area contributed by atoms with Crippen molar-refractivity contribution in [3.05, 3.63) is 67.1 Å². The minimum atomic E-state index is 0.754. The smallest absolute Gasteiger partial charge is 0.208 e. The first-order valence-corrected chi connectivity index (χ1v) is 7.61. The number of nitrogens with one attached hydrogen (secondary N) is 2. The lowest BCUT2D eigenvalue weighted by Crippen LogP contribution is -1.99. The third-order valence-corrected chi connectivity index (χ3v) is 3.73. The molecule has 0 bridgehead atoms. The van der Waals surface area contributed by atoms with E-state index in [-0.39, 0.29) is 0 Å². The van der Waals surface area contributed by atoms with E-state index in [1.165, 1.54) is 0 Å². The zero-order chi connectivity index (χ0) is 16.4. The molecule has 2 N–H and O–H groups in total.